The number of hydrogen-bond acceptors (Lipinski definition) is 4. The number of nitrogens with one attached hydrogen (secondary N) is 2. The number of amides is 2. The number of hydrogen-bond donors (Lipinski definition) is 2. The lowest BCUT2D eigenvalue weighted by molar-refractivity contribution is -0.123. The molecule has 3 heterocycles. The first-order valence-electron chi connectivity index (χ1n) is 11.2. The van der Waals surface area contributed by atoms with Gasteiger partial charge in [-0.3, -0.25) is 14.5 Å². The van der Waals surface area contributed by atoms with Gasteiger partial charge in [0, 0.05) is 31.4 Å². The Labute approximate surface area is 177 Å². The summed E-state index contributed by atoms with van der Waals surface area (Å²) >= 11 is 0. The summed E-state index contributed by atoms with van der Waals surface area (Å²) < 4.78 is 1.71. The molecule has 2 bridgehead atoms. The number of pyridine rings is 1. The van der Waals surface area contributed by atoms with Crippen LogP contribution in [0, 0.1) is 17.3 Å². The van der Waals surface area contributed by atoms with Crippen LogP contribution in [0.4, 0.5) is 0 Å². The van der Waals surface area contributed by atoms with Crippen molar-refractivity contribution >= 4 is 17.3 Å². The van der Waals surface area contributed by atoms with Gasteiger partial charge in [0.15, 0.2) is 0 Å². The summed E-state index contributed by atoms with van der Waals surface area (Å²) in [6.07, 6.45) is 8.29. The average molecular weight is 410 g/mol. The minimum absolute atomic E-state index is 0.0546. The van der Waals surface area contributed by atoms with E-state index in [4.69, 9.17) is 0 Å². The summed E-state index contributed by atoms with van der Waals surface area (Å²) in [4.78, 5) is 27.6. The van der Waals surface area contributed by atoms with Crippen molar-refractivity contribution in [2.75, 3.05) is 19.6 Å². The Morgan fingerprint density at radius 2 is 2.10 bits per heavy atom. The predicted octanol–water partition coefficient (Wildman–Crippen LogP) is 2.08. The number of fused-ring (bicyclic) bond motifs is 3. The SMILES string of the molecule is CC1(C)C(CNC(=O)CN2CC3CCC2C3)CC1NC(=O)c1cccn2nccc12. The third kappa shape index (κ3) is 3.39. The van der Waals surface area contributed by atoms with Gasteiger partial charge < -0.3 is 10.6 Å². The number of nitrogens with zero attached hydrogens (tertiary/aromatic N) is 3. The average Bonchev–Trinajstić information content (AvgIpc) is 3.46. The lowest BCUT2D eigenvalue weighted by atomic mass is 9.58. The zero-order chi connectivity index (χ0) is 20.9. The molecule has 2 aromatic rings. The highest BCUT2D eigenvalue weighted by Crippen LogP contribution is 2.46. The van der Waals surface area contributed by atoms with Gasteiger partial charge in [-0.2, -0.15) is 5.10 Å². The molecule has 0 spiro atoms. The molecule has 2 amide bonds. The summed E-state index contributed by atoms with van der Waals surface area (Å²) in [6.45, 7) is 6.65. The first kappa shape index (κ1) is 19.5. The molecule has 7 nitrogen and oxygen atoms in total. The number of likely N-dealkylation sites (tertiary alicyclic amines) is 1. The van der Waals surface area contributed by atoms with E-state index >= 15 is 0 Å². The zero-order valence-electron chi connectivity index (χ0n) is 17.8. The normalized spacial score (nSPS) is 29.7. The minimum atomic E-state index is -0.0641. The molecule has 4 atom stereocenters. The number of carbonyl (C=O) groups excluding carboxylic acids is 2. The van der Waals surface area contributed by atoms with Crippen LogP contribution in [0.15, 0.2) is 30.6 Å². The Morgan fingerprint density at radius 3 is 2.83 bits per heavy atom. The van der Waals surface area contributed by atoms with Gasteiger partial charge in [-0.1, -0.05) is 13.8 Å². The van der Waals surface area contributed by atoms with Crippen LogP contribution in [0.3, 0.4) is 0 Å². The number of aromatic nitrogens is 2. The standard InChI is InChI=1S/C23H31N5O2/c1-23(2)16(12-24-21(29)14-27-13-15-5-6-17(27)10-15)11-20(23)26-22(30)18-4-3-9-28-19(18)7-8-25-28/h3-4,7-9,15-17,20H,5-6,10-14H2,1-2H3,(H,24,29)(H,26,30). The van der Waals surface area contributed by atoms with Gasteiger partial charge in [-0.15, -0.1) is 0 Å². The Bertz CT molecular complexity index is 967. The van der Waals surface area contributed by atoms with Crippen LogP contribution in [-0.4, -0.2) is 58.0 Å². The summed E-state index contributed by atoms with van der Waals surface area (Å²) in [6, 6.07) is 6.25. The fourth-order valence-corrected chi connectivity index (χ4v) is 5.69. The van der Waals surface area contributed by atoms with Crippen LogP contribution in [0.5, 0.6) is 0 Å². The van der Waals surface area contributed by atoms with Crippen LogP contribution in [-0.2, 0) is 4.79 Å². The number of rotatable bonds is 6. The monoisotopic (exact) mass is 409 g/mol. The summed E-state index contributed by atoms with van der Waals surface area (Å²) in [5.74, 6) is 1.25. The largest absolute Gasteiger partial charge is 0.355 e. The van der Waals surface area contributed by atoms with E-state index in [-0.39, 0.29) is 23.3 Å². The van der Waals surface area contributed by atoms with Gasteiger partial charge >= 0.3 is 0 Å². The number of carbonyl (C=O) groups is 2. The molecular weight excluding hydrogens is 378 g/mol. The molecule has 1 aliphatic heterocycles. The van der Waals surface area contributed by atoms with E-state index in [9.17, 15) is 9.59 Å². The molecule has 7 heteroatoms. The van der Waals surface area contributed by atoms with Crippen molar-refractivity contribution in [2.24, 2.45) is 17.3 Å². The Hall–Kier alpha value is -2.41. The highest BCUT2D eigenvalue weighted by molar-refractivity contribution is 6.00. The smallest absolute Gasteiger partial charge is 0.253 e. The van der Waals surface area contributed by atoms with E-state index < -0.39 is 0 Å². The van der Waals surface area contributed by atoms with Crippen molar-refractivity contribution in [1.29, 1.82) is 0 Å². The van der Waals surface area contributed by atoms with Gasteiger partial charge in [0.1, 0.15) is 0 Å². The second-order valence-corrected chi connectivity index (χ2v) is 9.93. The summed E-state index contributed by atoms with van der Waals surface area (Å²) in [7, 11) is 0. The highest BCUT2D eigenvalue weighted by atomic mass is 16.2. The van der Waals surface area contributed by atoms with E-state index in [1.807, 2.05) is 24.4 Å². The van der Waals surface area contributed by atoms with E-state index in [2.05, 4.69) is 34.5 Å². The Kier molecular flexibility index (Phi) is 4.81. The first-order valence-corrected chi connectivity index (χ1v) is 11.2. The molecule has 3 fully saturated rings. The lowest BCUT2D eigenvalue weighted by Gasteiger charge is -2.52. The molecule has 4 unspecified atom stereocenters. The van der Waals surface area contributed by atoms with Crippen LogP contribution in [0.1, 0.15) is 49.9 Å². The Balaban J connectivity index is 1.12. The molecule has 2 aromatic heterocycles. The van der Waals surface area contributed by atoms with Crippen LogP contribution < -0.4 is 10.6 Å². The molecule has 0 radical (unpaired) electrons. The maximum absolute atomic E-state index is 12.8. The van der Waals surface area contributed by atoms with Gasteiger partial charge in [-0.05, 0) is 61.1 Å². The fourth-order valence-electron chi connectivity index (χ4n) is 5.69. The van der Waals surface area contributed by atoms with Crippen LogP contribution in [0.2, 0.25) is 0 Å². The summed E-state index contributed by atoms with van der Waals surface area (Å²) in [5, 5.41) is 10.5. The molecule has 1 saturated heterocycles. The third-order valence-corrected chi connectivity index (χ3v) is 7.87. The molecule has 0 aromatic carbocycles. The van der Waals surface area contributed by atoms with Crippen molar-refractivity contribution in [2.45, 2.75) is 51.6 Å². The summed E-state index contributed by atoms with van der Waals surface area (Å²) in [5.41, 5.74) is 1.40. The second kappa shape index (κ2) is 7.38. The van der Waals surface area contributed by atoms with Gasteiger partial charge in [0.25, 0.3) is 5.91 Å². The van der Waals surface area contributed by atoms with E-state index in [1.54, 1.807) is 10.7 Å². The van der Waals surface area contributed by atoms with Gasteiger partial charge in [0.05, 0.1) is 23.8 Å². The maximum atomic E-state index is 12.8. The fraction of sp³-hybridized carbons (Fsp3) is 0.609. The quantitative estimate of drug-likeness (QED) is 0.766. The molecule has 30 heavy (non-hydrogen) atoms. The molecule has 2 saturated carbocycles. The van der Waals surface area contributed by atoms with E-state index in [0.29, 0.717) is 30.6 Å². The van der Waals surface area contributed by atoms with Gasteiger partial charge in [0.2, 0.25) is 5.91 Å². The van der Waals surface area contributed by atoms with Crippen LogP contribution >= 0.6 is 0 Å². The lowest BCUT2D eigenvalue weighted by Crippen LogP contribution is -2.61. The first-order chi connectivity index (χ1) is 14.4. The van der Waals surface area contributed by atoms with Crippen molar-refractivity contribution in [3.05, 3.63) is 36.2 Å². The van der Waals surface area contributed by atoms with Crippen LogP contribution in [0.25, 0.3) is 5.52 Å². The maximum Gasteiger partial charge on any atom is 0.253 e. The van der Waals surface area contributed by atoms with Crippen molar-refractivity contribution in [1.82, 2.24) is 25.1 Å². The molecule has 2 N–H and O–H groups in total. The molecule has 160 valence electrons. The predicted molar refractivity (Wildman–Crippen MR) is 114 cm³/mol. The van der Waals surface area contributed by atoms with Gasteiger partial charge in [-0.25, -0.2) is 4.52 Å². The molecule has 2 aliphatic carbocycles. The van der Waals surface area contributed by atoms with Crippen molar-refractivity contribution in [3.8, 4) is 0 Å². The van der Waals surface area contributed by atoms with Crippen molar-refractivity contribution < 1.29 is 9.59 Å². The van der Waals surface area contributed by atoms with E-state index in [1.165, 1.54) is 19.3 Å². The molecular formula is C23H31N5O2. The Morgan fingerprint density at radius 1 is 1.23 bits per heavy atom. The third-order valence-electron chi connectivity index (χ3n) is 7.87. The minimum Gasteiger partial charge on any atom is -0.355 e. The highest BCUT2D eigenvalue weighted by Gasteiger charge is 2.48. The molecule has 3 aliphatic rings. The number of piperidine rings is 1. The topological polar surface area (TPSA) is 78.7 Å². The second-order valence-electron chi connectivity index (χ2n) is 9.93. The van der Waals surface area contributed by atoms with E-state index in [0.717, 1.165) is 24.4 Å². The van der Waals surface area contributed by atoms with Crippen molar-refractivity contribution in [3.63, 3.8) is 0 Å². The molecule has 5 rings (SSSR count). The zero-order valence-corrected chi connectivity index (χ0v) is 17.8.